The number of carboxylic acids is 1. The van der Waals surface area contributed by atoms with E-state index in [1.807, 2.05) is 12.1 Å². The quantitative estimate of drug-likeness (QED) is 0.626. The summed E-state index contributed by atoms with van der Waals surface area (Å²) in [7, 11) is -2.41. The van der Waals surface area contributed by atoms with Gasteiger partial charge in [0.05, 0.1) is 17.4 Å². The van der Waals surface area contributed by atoms with Crippen LogP contribution in [0.4, 0.5) is 0 Å². The van der Waals surface area contributed by atoms with Crippen molar-refractivity contribution in [2.75, 3.05) is 7.05 Å². The third-order valence-corrected chi connectivity index (χ3v) is 5.78. The van der Waals surface area contributed by atoms with Crippen molar-refractivity contribution in [1.82, 2.24) is 10.0 Å². The molecule has 28 heavy (non-hydrogen) atoms. The van der Waals surface area contributed by atoms with Gasteiger partial charge in [-0.25, -0.2) is 13.1 Å². The molecule has 0 saturated carbocycles. The molecule has 2 aromatic carbocycles. The highest BCUT2D eigenvalue weighted by Crippen LogP contribution is 2.22. The second-order valence-corrected chi connectivity index (χ2v) is 8.57. The first kappa shape index (κ1) is 21.6. The van der Waals surface area contributed by atoms with E-state index in [1.165, 1.54) is 31.3 Å². The smallest absolute Gasteiger partial charge is 0.305 e. The summed E-state index contributed by atoms with van der Waals surface area (Å²) in [5.74, 6) is -1.27. The number of aliphatic carboxylic acids is 1. The van der Waals surface area contributed by atoms with Crippen molar-refractivity contribution < 1.29 is 23.1 Å². The van der Waals surface area contributed by atoms with Gasteiger partial charge in [0.1, 0.15) is 0 Å². The molecular weight excluding hydrogens is 380 g/mol. The predicted octanol–water partition coefficient (Wildman–Crippen LogP) is 2.66. The van der Waals surface area contributed by atoms with E-state index in [9.17, 15) is 23.1 Å². The van der Waals surface area contributed by atoms with E-state index in [0.29, 0.717) is 11.5 Å². The third kappa shape index (κ3) is 5.40. The number of nitrogens with one attached hydrogen (secondary N) is 2. The summed E-state index contributed by atoms with van der Waals surface area (Å²) >= 11 is 0. The van der Waals surface area contributed by atoms with Crippen LogP contribution in [0.1, 0.15) is 53.7 Å². The molecular formula is C20H24N2O5S. The minimum atomic E-state index is -3.69. The molecule has 2 rings (SSSR count). The zero-order valence-corrected chi connectivity index (χ0v) is 16.8. The second kappa shape index (κ2) is 8.99. The fraction of sp³-hybridized carbons (Fsp3) is 0.300. The van der Waals surface area contributed by atoms with Crippen LogP contribution >= 0.6 is 0 Å². The van der Waals surface area contributed by atoms with Crippen molar-refractivity contribution >= 4 is 21.9 Å². The minimum absolute atomic E-state index is 0.0429. The Morgan fingerprint density at radius 3 is 2.18 bits per heavy atom. The highest BCUT2D eigenvalue weighted by Gasteiger charge is 2.20. The van der Waals surface area contributed by atoms with Gasteiger partial charge in [0.15, 0.2) is 0 Å². The molecule has 0 aliphatic rings. The molecule has 0 aliphatic heterocycles. The van der Waals surface area contributed by atoms with Crippen LogP contribution in [0.5, 0.6) is 0 Å². The number of carbonyl (C=O) groups is 2. The van der Waals surface area contributed by atoms with Crippen LogP contribution in [-0.4, -0.2) is 32.4 Å². The van der Waals surface area contributed by atoms with Gasteiger partial charge in [0, 0.05) is 5.56 Å². The van der Waals surface area contributed by atoms with E-state index in [2.05, 4.69) is 23.9 Å². The van der Waals surface area contributed by atoms with Gasteiger partial charge in [-0.2, -0.15) is 0 Å². The monoisotopic (exact) mass is 404 g/mol. The van der Waals surface area contributed by atoms with Crippen LogP contribution in [0.15, 0.2) is 53.4 Å². The van der Waals surface area contributed by atoms with Crippen molar-refractivity contribution in [1.29, 1.82) is 0 Å². The normalized spacial score (nSPS) is 12.6. The molecule has 0 aromatic heterocycles. The van der Waals surface area contributed by atoms with Gasteiger partial charge in [-0.1, -0.05) is 44.2 Å². The number of carboxylic acid groups (broad SMARTS) is 1. The summed E-state index contributed by atoms with van der Waals surface area (Å²) in [6.45, 7) is 4.11. The van der Waals surface area contributed by atoms with Gasteiger partial charge in [-0.15, -0.1) is 0 Å². The van der Waals surface area contributed by atoms with Crippen molar-refractivity contribution in [3.05, 3.63) is 65.2 Å². The maximum absolute atomic E-state index is 12.6. The summed E-state index contributed by atoms with van der Waals surface area (Å²) < 4.78 is 26.1. The summed E-state index contributed by atoms with van der Waals surface area (Å²) in [6.07, 6.45) is -0.290. The largest absolute Gasteiger partial charge is 0.481 e. The Hall–Kier alpha value is -2.71. The Bertz CT molecular complexity index is 953. The Kier molecular flexibility index (Phi) is 6.93. The summed E-state index contributed by atoms with van der Waals surface area (Å²) in [5, 5.41) is 11.9. The van der Waals surface area contributed by atoms with Crippen LogP contribution in [0.3, 0.4) is 0 Å². The SMILES string of the molecule is CNS(=O)(=O)c1cccc(C(=O)N[C@@H](CC(=O)O)c2ccc(C(C)C)cc2)c1. The lowest BCUT2D eigenvalue weighted by atomic mass is 9.97. The molecule has 1 amide bonds. The molecule has 3 N–H and O–H groups in total. The Balaban J connectivity index is 2.28. The second-order valence-electron chi connectivity index (χ2n) is 6.68. The van der Waals surface area contributed by atoms with Crippen molar-refractivity contribution in [2.24, 2.45) is 0 Å². The number of hydrogen-bond acceptors (Lipinski definition) is 4. The van der Waals surface area contributed by atoms with E-state index >= 15 is 0 Å². The number of amides is 1. The maximum atomic E-state index is 12.6. The van der Waals surface area contributed by atoms with E-state index in [1.54, 1.807) is 12.1 Å². The summed E-state index contributed by atoms with van der Waals surface area (Å²) in [4.78, 5) is 23.9. The topological polar surface area (TPSA) is 113 Å². The van der Waals surface area contributed by atoms with Gasteiger partial charge in [0.2, 0.25) is 10.0 Å². The van der Waals surface area contributed by atoms with Gasteiger partial charge >= 0.3 is 5.97 Å². The number of sulfonamides is 1. The number of carbonyl (C=O) groups excluding carboxylic acids is 1. The average molecular weight is 404 g/mol. The highest BCUT2D eigenvalue weighted by atomic mass is 32.2. The lowest BCUT2D eigenvalue weighted by molar-refractivity contribution is -0.137. The van der Waals surface area contributed by atoms with Crippen molar-refractivity contribution in [3.63, 3.8) is 0 Å². The molecule has 8 heteroatoms. The number of hydrogen-bond donors (Lipinski definition) is 3. The first-order valence-electron chi connectivity index (χ1n) is 8.80. The molecule has 0 aliphatic carbocycles. The Morgan fingerprint density at radius 2 is 1.64 bits per heavy atom. The standard InChI is InChI=1S/C20H24N2O5S/c1-13(2)14-7-9-15(10-8-14)18(12-19(23)24)22-20(25)16-5-4-6-17(11-16)28(26,27)21-3/h4-11,13,18,21H,12H2,1-3H3,(H,22,25)(H,23,24)/t18-/m0/s1. The number of rotatable bonds is 8. The van der Waals surface area contributed by atoms with Gasteiger partial charge < -0.3 is 10.4 Å². The van der Waals surface area contributed by atoms with Gasteiger partial charge in [-0.05, 0) is 42.3 Å². The lowest BCUT2D eigenvalue weighted by Gasteiger charge is -2.18. The van der Waals surface area contributed by atoms with E-state index in [-0.39, 0.29) is 16.9 Å². The average Bonchev–Trinajstić information content (AvgIpc) is 2.67. The summed E-state index contributed by atoms with van der Waals surface area (Å²) in [5.41, 5.74) is 1.90. The fourth-order valence-electron chi connectivity index (χ4n) is 2.70. The Labute approximate surface area is 164 Å². The zero-order chi connectivity index (χ0) is 20.9. The first-order chi connectivity index (χ1) is 13.1. The first-order valence-corrected chi connectivity index (χ1v) is 10.3. The highest BCUT2D eigenvalue weighted by molar-refractivity contribution is 7.89. The zero-order valence-electron chi connectivity index (χ0n) is 16.0. The predicted molar refractivity (Wildman–Crippen MR) is 106 cm³/mol. The summed E-state index contributed by atoms with van der Waals surface area (Å²) in [6, 6.07) is 12.2. The molecule has 0 fully saturated rings. The molecule has 0 spiro atoms. The van der Waals surface area contributed by atoms with E-state index < -0.39 is 27.9 Å². The lowest BCUT2D eigenvalue weighted by Crippen LogP contribution is -2.30. The van der Waals surface area contributed by atoms with Gasteiger partial charge in [-0.3, -0.25) is 9.59 Å². The van der Waals surface area contributed by atoms with E-state index in [0.717, 1.165) is 5.56 Å². The molecule has 150 valence electrons. The molecule has 0 heterocycles. The maximum Gasteiger partial charge on any atom is 0.305 e. The van der Waals surface area contributed by atoms with Crippen molar-refractivity contribution in [2.45, 2.75) is 37.1 Å². The molecule has 0 unspecified atom stereocenters. The third-order valence-electron chi connectivity index (χ3n) is 4.36. The van der Waals surface area contributed by atoms with Gasteiger partial charge in [0.25, 0.3) is 5.91 Å². The molecule has 2 aromatic rings. The van der Waals surface area contributed by atoms with Crippen LogP contribution in [-0.2, 0) is 14.8 Å². The van der Waals surface area contributed by atoms with Crippen molar-refractivity contribution in [3.8, 4) is 0 Å². The molecule has 0 saturated heterocycles. The number of benzene rings is 2. The van der Waals surface area contributed by atoms with Crippen LogP contribution in [0.25, 0.3) is 0 Å². The fourth-order valence-corrected chi connectivity index (χ4v) is 3.48. The molecule has 1 atom stereocenters. The molecule has 0 bridgehead atoms. The van der Waals surface area contributed by atoms with Crippen LogP contribution in [0, 0.1) is 0 Å². The Morgan fingerprint density at radius 1 is 1.04 bits per heavy atom. The van der Waals surface area contributed by atoms with Crippen LogP contribution < -0.4 is 10.0 Å². The van der Waals surface area contributed by atoms with E-state index in [4.69, 9.17) is 0 Å². The molecule has 7 nitrogen and oxygen atoms in total. The minimum Gasteiger partial charge on any atom is -0.481 e. The van der Waals surface area contributed by atoms with Crippen LogP contribution in [0.2, 0.25) is 0 Å². The molecule has 0 radical (unpaired) electrons.